The van der Waals surface area contributed by atoms with Crippen molar-refractivity contribution in [1.29, 1.82) is 0 Å². The molecule has 2 heterocycles. The molecule has 1 amide bonds. The van der Waals surface area contributed by atoms with Crippen LogP contribution in [0.2, 0.25) is 0 Å². The minimum absolute atomic E-state index is 0.111. The van der Waals surface area contributed by atoms with E-state index in [0.29, 0.717) is 28.1 Å². The zero-order valence-electron chi connectivity index (χ0n) is 18.8. The molecule has 10 heteroatoms. The quantitative estimate of drug-likeness (QED) is 0.239. The van der Waals surface area contributed by atoms with Crippen LogP contribution < -0.4 is 10.1 Å². The standard InChI is InChI=1S/C23H26N4O4S2/c1-5-12-27-20(15-8-10-16(30-4)11-9-15)25-26-23(27)32-14-19(28)24-21-18(22(29)31-7-3)13-17(6-2)33-21/h5,8-11,13H,1,6-7,12,14H2,2-4H3,(H,24,28). The van der Waals surface area contributed by atoms with Crippen LogP contribution in [0.4, 0.5) is 5.00 Å². The van der Waals surface area contributed by atoms with E-state index in [1.165, 1.54) is 23.1 Å². The zero-order valence-corrected chi connectivity index (χ0v) is 20.4. The Balaban J connectivity index is 1.73. The van der Waals surface area contributed by atoms with Gasteiger partial charge in [-0.2, -0.15) is 0 Å². The second-order valence-corrected chi connectivity index (χ2v) is 8.88. The molecular formula is C23H26N4O4S2. The van der Waals surface area contributed by atoms with E-state index in [1.807, 2.05) is 35.8 Å². The molecule has 0 radical (unpaired) electrons. The minimum Gasteiger partial charge on any atom is -0.497 e. The molecule has 1 aromatic carbocycles. The van der Waals surface area contributed by atoms with Crippen molar-refractivity contribution in [2.45, 2.75) is 32.0 Å². The number of nitrogens with zero attached hydrogens (tertiary/aromatic N) is 3. The number of aryl methyl sites for hydroxylation is 1. The number of thiophene rings is 1. The molecule has 0 saturated heterocycles. The van der Waals surface area contributed by atoms with Crippen molar-refractivity contribution in [1.82, 2.24) is 14.8 Å². The summed E-state index contributed by atoms with van der Waals surface area (Å²) in [5, 5.41) is 12.5. The fraction of sp³-hybridized carbons (Fsp3) is 0.304. The van der Waals surface area contributed by atoms with Crippen LogP contribution in [0.15, 0.2) is 48.1 Å². The molecule has 174 valence electrons. The van der Waals surface area contributed by atoms with E-state index in [9.17, 15) is 9.59 Å². The molecule has 3 aromatic rings. The van der Waals surface area contributed by atoms with Gasteiger partial charge in [-0.05, 0) is 43.7 Å². The Bertz CT molecular complexity index is 1120. The van der Waals surface area contributed by atoms with Crippen LogP contribution in [0.5, 0.6) is 5.75 Å². The van der Waals surface area contributed by atoms with Gasteiger partial charge in [0.2, 0.25) is 5.91 Å². The number of thioether (sulfide) groups is 1. The number of methoxy groups -OCH3 is 1. The second-order valence-electron chi connectivity index (χ2n) is 6.80. The molecule has 8 nitrogen and oxygen atoms in total. The van der Waals surface area contributed by atoms with Crippen molar-refractivity contribution < 1.29 is 19.1 Å². The van der Waals surface area contributed by atoms with E-state index in [1.54, 1.807) is 26.2 Å². The summed E-state index contributed by atoms with van der Waals surface area (Å²) in [5.74, 6) is 0.859. The Morgan fingerprint density at radius 2 is 2.00 bits per heavy atom. The van der Waals surface area contributed by atoms with Gasteiger partial charge < -0.3 is 14.8 Å². The van der Waals surface area contributed by atoms with Gasteiger partial charge in [0.15, 0.2) is 11.0 Å². The van der Waals surface area contributed by atoms with Crippen molar-refractivity contribution >= 4 is 40.0 Å². The molecule has 0 saturated carbocycles. The number of allylic oxidation sites excluding steroid dienone is 1. The van der Waals surface area contributed by atoms with Crippen LogP contribution in [0.25, 0.3) is 11.4 Å². The van der Waals surface area contributed by atoms with E-state index in [4.69, 9.17) is 9.47 Å². The Kier molecular flexibility index (Phi) is 8.67. The molecule has 1 N–H and O–H groups in total. The average molecular weight is 487 g/mol. The lowest BCUT2D eigenvalue weighted by Gasteiger charge is -2.09. The first-order valence-electron chi connectivity index (χ1n) is 10.4. The summed E-state index contributed by atoms with van der Waals surface area (Å²) < 4.78 is 12.2. The van der Waals surface area contributed by atoms with Crippen molar-refractivity contribution in [2.24, 2.45) is 0 Å². The third kappa shape index (κ3) is 6.02. The molecule has 0 spiro atoms. The van der Waals surface area contributed by atoms with E-state index in [-0.39, 0.29) is 18.3 Å². The Labute approximate surface area is 201 Å². The number of anilines is 1. The molecule has 2 aromatic heterocycles. The molecule has 0 atom stereocenters. The summed E-state index contributed by atoms with van der Waals surface area (Å²) in [6.07, 6.45) is 2.52. The minimum atomic E-state index is -0.439. The van der Waals surface area contributed by atoms with Crippen molar-refractivity contribution in [3.63, 3.8) is 0 Å². The smallest absolute Gasteiger partial charge is 0.341 e. The summed E-state index contributed by atoms with van der Waals surface area (Å²) in [6, 6.07) is 9.29. The Hall–Kier alpha value is -3.11. The van der Waals surface area contributed by atoms with E-state index >= 15 is 0 Å². The molecule has 0 aliphatic rings. The number of nitrogens with one attached hydrogen (secondary N) is 1. The molecule has 0 fully saturated rings. The van der Waals surface area contributed by atoms with Gasteiger partial charge in [0.25, 0.3) is 0 Å². The maximum atomic E-state index is 12.7. The lowest BCUT2D eigenvalue weighted by atomic mass is 10.2. The number of rotatable bonds is 11. The van der Waals surface area contributed by atoms with Gasteiger partial charge in [-0.15, -0.1) is 28.1 Å². The van der Waals surface area contributed by atoms with Gasteiger partial charge in [0.1, 0.15) is 10.8 Å². The van der Waals surface area contributed by atoms with Crippen molar-refractivity contribution in [2.75, 3.05) is 24.8 Å². The highest BCUT2D eigenvalue weighted by Crippen LogP contribution is 2.30. The maximum absolute atomic E-state index is 12.7. The monoisotopic (exact) mass is 486 g/mol. The number of benzene rings is 1. The predicted octanol–water partition coefficient (Wildman–Crippen LogP) is 4.67. The third-order valence-electron chi connectivity index (χ3n) is 4.59. The number of hydrogen-bond acceptors (Lipinski definition) is 8. The van der Waals surface area contributed by atoms with Crippen molar-refractivity contribution in [3.05, 3.63) is 53.4 Å². The van der Waals surface area contributed by atoms with Crippen molar-refractivity contribution in [3.8, 4) is 17.1 Å². The number of carbonyl (C=O) groups excluding carboxylic acids is 2. The Morgan fingerprint density at radius 1 is 1.24 bits per heavy atom. The van der Waals surface area contributed by atoms with E-state index in [2.05, 4.69) is 22.1 Å². The summed E-state index contributed by atoms with van der Waals surface area (Å²) in [7, 11) is 1.62. The van der Waals surface area contributed by atoms with Gasteiger partial charge in [-0.1, -0.05) is 24.8 Å². The van der Waals surface area contributed by atoms with Crippen LogP contribution in [-0.4, -0.2) is 46.1 Å². The number of aromatic nitrogens is 3. The number of ether oxygens (including phenoxy) is 2. The topological polar surface area (TPSA) is 95.3 Å². The Morgan fingerprint density at radius 3 is 2.64 bits per heavy atom. The number of carbonyl (C=O) groups is 2. The maximum Gasteiger partial charge on any atom is 0.341 e. The molecule has 0 aliphatic heterocycles. The normalized spacial score (nSPS) is 10.6. The van der Waals surface area contributed by atoms with Crippen LogP contribution in [0, 0.1) is 0 Å². The second kappa shape index (κ2) is 11.7. The van der Waals surface area contributed by atoms with Gasteiger partial charge in [-0.25, -0.2) is 4.79 Å². The highest BCUT2D eigenvalue weighted by atomic mass is 32.2. The predicted molar refractivity (Wildman–Crippen MR) is 131 cm³/mol. The molecule has 3 rings (SSSR count). The fourth-order valence-corrected chi connectivity index (χ4v) is 4.75. The highest BCUT2D eigenvalue weighted by Gasteiger charge is 2.20. The first-order chi connectivity index (χ1) is 16.0. The summed E-state index contributed by atoms with van der Waals surface area (Å²) in [6.45, 7) is 8.33. The van der Waals surface area contributed by atoms with Gasteiger partial charge in [0.05, 0.1) is 25.0 Å². The fourth-order valence-electron chi connectivity index (χ4n) is 3.01. The molecular weight excluding hydrogens is 460 g/mol. The van der Waals surface area contributed by atoms with Crippen LogP contribution in [0.3, 0.4) is 0 Å². The first kappa shape index (κ1) is 24.5. The summed E-state index contributed by atoms with van der Waals surface area (Å²) >= 11 is 2.65. The lowest BCUT2D eigenvalue weighted by Crippen LogP contribution is -2.16. The largest absolute Gasteiger partial charge is 0.497 e. The van der Waals surface area contributed by atoms with Gasteiger partial charge in [0, 0.05) is 17.0 Å². The summed E-state index contributed by atoms with van der Waals surface area (Å²) in [4.78, 5) is 25.9. The number of esters is 1. The van der Waals surface area contributed by atoms with Crippen LogP contribution in [-0.2, 0) is 22.5 Å². The van der Waals surface area contributed by atoms with Crippen LogP contribution in [0.1, 0.15) is 29.1 Å². The van der Waals surface area contributed by atoms with E-state index in [0.717, 1.165) is 22.6 Å². The summed E-state index contributed by atoms with van der Waals surface area (Å²) in [5.41, 5.74) is 1.26. The van der Waals surface area contributed by atoms with Crippen LogP contribution >= 0.6 is 23.1 Å². The van der Waals surface area contributed by atoms with Gasteiger partial charge in [-0.3, -0.25) is 9.36 Å². The highest BCUT2D eigenvalue weighted by molar-refractivity contribution is 7.99. The lowest BCUT2D eigenvalue weighted by molar-refractivity contribution is -0.113. The SMILES string of the molecule is C=CCn1c(SCC(=O)Nc2sc(CC)cc2C(=O)OCC)nnc1-c1ccc(OC)cc1. The van der Waals surface area contributed by atoms with Gasteiger partial charge >= 0.3 is 5.97 Å². The third-order valence-corrected chi connectivity index (χ3v) is 6.75. The number of amides is 1. The number of hydrogen-bond donors (Lipinski definition) is 1. The first-order valence-corrected chi connectivity index (χ1v) is 12.2. The molecule has 0 bridgehead atoms. The molecule has 33 heavy (non-hydrogen) atoms. The average Bonchev–Trinajstić information content (AvgIpc) is 3.42. The van der Waals surface area contributed by atoms with E-state index < -0.39 is 5.97 Å². The zero-order chi connectivity index (χ0) is 23.8. The molecule has 0 aliphatic carbocycles. The molecule has 0 unspecified atom stereocenters.